The standard InChI is InChI=1S/C49H44N2O2/c1-30-22-35(38-18-13-19-40-39-16-9-11-21-46(39)53-47(38)40)28-42(50-30)31-14-12-15-32(23-31)43-26-34(27-44(51-43)41-17-8-10-20-45(41)52)33-24-36(48(2,3)4)29-37(25-33)49(5,6)7/h8-29,52H,1-7H3. The summed E-state index contributed by atoms with van der Waals surface area (Å²) in [7, 11) is 0. The van der Waals surface area contributed by atoms with Gasteiger partial charge in [-0.05, 0) is 94.1 Å². The monoisotopic (exact) mass is 692 g/mol. The van der Waals surface area contributed by atoms with Crippen LogP contribution in [-0.2, 0) is 10.8 Å². The maximum atomic E-state index is 11.0. The van der Waals surface area contributed by atoms with E-state index < -0.39 is 0 Å². The van der Waals surface area contributed by atoms with Gasteiger partial charge in [-0.25, -0.2) is 4.98 Å². The zero-order valence-electron chi connectivity index (χ0n) is 31.5. The number of nitrogens with zero attached hydrogens (tertiary/aromatic N) is 2. The molecule has 8 aromatic rings. The van der Waals surface area contributed by atoms with Crippen LogP contribution in [0.5, 0.6) is 5.75 Å². The number of benzene rings is 5. The van der Waals surface area contributed by atoms with E-state index in [0.29, 0.717) is 5.56 Å². The average Bonchev–Trinajstić information content (AvgIpc) is 3.53. The highest BCUT2D eigenvalue weighted by atomic mass is 16.3. The summed E-state index contributed by atoms with van der Waals surface area (Å²) >= 11 is 0. The largest absolute Gasteiger partial charge is 0.507 e. The smallest absolute Gasteiger partial charge is 0.143 e. The van der Waals surface area contributed by atoms with Gasteiger partial charge in [-0.2, -0.15) is 0 Å². The summed E-state index contributed by atoms with van der Waals surface area (Å²) in [5, 5.41) is 13.2. The number of hydrogen-bond acceptors (Lipinski definition) is 4. The number of furan rings is 1. The molecule has 0 fully saturated rings. The number of para-hydroxylation sites is 3. The van der Waals surface area contributed by atoms with E-state index in [1.54, 1.807) is 6.07 Å². The molecule has 0 aliphatic heterocycles. The van der Waals surface area contributed by atoms with Crippen molar-refractivity contribution in [2.75, 3.05) is 0 Å². The molecule has 4 heteroatoms. The Hall–Kier alpha value is -6.00. The molecule has 0 unspecified atom stereocenters. The van der Waals surface area contributed by atoms with E-state index in [1.165, 1.54) is 11.1 Å². The van der Waals surface area contributed by atoms with Crippen molar-refractivity contribution in [2.24, 2.45) is 0 Å². The van der Waals surface area contributed by atoms with Gasteiger partial charge in [0.05, 0.1) is 17.1 Å². The van der Waals surface area contributed by atoms with Gasteiger partial charge in [0, 0.05) is 38.7 Å². The molecule has 0 aliphatic rings. The van der Waals surface area contributed by atoms with Gasteiger partial charge < -0.3 is 9.52 Å². The second-order valence-corrected chi connectivity index (χ2v) is 16.2. The molecule has 8 rings (SSSR count). The number of phenolic OH excluding ortho intramolecular Hbond substituents is 1. The van der Waals surface area contributed by atoms with Gasteiger partial charge in [-0.1, -0.05) is 126 Å². The maximum Gasteiger partial charge on any atom is 0.143 e. The number of hydrogen-bond donors (Lipinski definition) is 1. The van der Waals surface area contributed by atoms with E-state index >= 15 is 0 Å². The third-order valence-corrected chi connectivity index (χ3v) is 10.1. The summed E-state index contributed by atoms with van der Waals surface area (Å²) in [5.41, 5.74) is 14.5. The van der Waals surface area contributed by atoms with Crippen molar-refractivity contribution >= 4 is 21.9 Å². The van der Waals surface area contributed by atoms with Crippen LogP contribution in [0.15, 0.2) is 138 Å². The first-order chi connectivity index (χ1) is 25.3. The van der Waals surface area contributed by atoms with Gasteiger partial charge >= 0.3 is 0 Å². The van der Waals surface area contributed by atoms with Crippen LogP contribution in [0.2, 0.25) is 0 Å². The molecule has 53 heavy (non-hydrogen) atoms. The molecule has 1 N–H and O–H groups in total. The minimum atomic E-state index is -0.0314. The molecule has 0 radical (unpaired) electrons. The number of aromatic hydroxyl groups is 1. The van der Waals surface area contributed by atoms with E-state index in [0.717, 1.165) is 78.1 Å². The van der Waals surface area contributed by atoms with E-state index in [2.05, 4.69) is 133 Å². The zero-order valence-corrected chi connectivity index (χ0v) is 31.5. The number of aryl methyl sites for hydroxylation is 1. The summed E-state index contributed by atoms with van der Waals surface area (Å²) in [4.78, 5) is 10.2. The molecule has 5 aromatic carbocycles. The molecule has 0 saturated heterocycles. The van der Waals surface area contributed by atoms with Crippen LogP contribution >= 0.6 is 0 Å². The Morgan fingerprint density at radius 2 is 1.04 bits per heavy atom. The highest BCUT2D eigenvalue weighted by Crippen LogP contribution is 2.40. The molecule has 0 atom stereocenters. The molecule has 0 aliphatic carbocycles. The van der Waals surface area contributed by atoms with Gasteiger partial charge in [0.2, 0.25) is 0 Å². The Kier molecular flexibility index (Phi) is 8.30. The van der Waals surface area contributed by atoms with Crippen LogP contribution in [0.1, 0.15) is 58.4 Å². The fourth-order valence-corrected chi connectivity index (χ4v) is 7.12. The lowest BCUT2D eigenvalue weighted by atomic mass is 9.79. The molecule has 0 saturated carbocycles. The minimum Gasteiger partial charge on any atom is -0.507 e. The van der Waals surface area contributed by atoms with E-state index in [-0.39, 0.29) is 16.6 Å². The first-order valence-corrected chi connectivity index (χ1v) is 18.3. The second kappa shape index (κ2) is 12.9. The van der Waals surface area contributed by atoms with Crippen LogP contribution in [-0.4, -0.2) is 15.1 Å². The summed E-state index contributed by atoms with van der Waals surface area (Å²) in [6.07, 6.45) is 0. The molecule has 0 amide bonds. The van der Waals surface area contributed by atoms with Crippen molar-refractivity contribution in [1.29, 1.82) is 0 Å². The zero-order chi connectivity index (χ0) is 37.1. The van der Waals surface area contributed by atoms with Gasteiger partial charge in [0.1, 0.15) is 16.9 Å². The summed E-state index contributed by atoms with van der Waals surface area (Å²) < 4.78 is 6.41. The summed E-state index contributed by atoms with van der Waals surface area (Å²) in [6, 6.07) is 45.9. The predicted molar refractivity (Wildman–Crippen MR) is 220 cm³/mol. The lowest BCUT2D eigenvalue weighted by Crippen LogP contribution is -2.16. The highest BCUT2D eigenvalue weighted by Gasteiger charge is 2.22. The maximum absolute atomic E-state index is 11.0. The van der Waals surface area contributed by atoms with Crippen LogP contribution in [0.4, 0.5) is 0 Å². The van der Waals surface area contributed by atoms with Crippen molar-refractivity contribution < 1.29 is 9.52 Å². The molecule has 262 valence electrons. The van der Waals surface area contributed by atoms with Crippen molar-refractivity contribution in [3.05, 3.63) is 150 Å². The van der Waals surface area contributed by atoms with Gasteiger partial charge in [-0.3, -0.25) is 4.98 Å². The normalized spacial score (nSPS) is 12.1. The SMILES string of the molecule is Cc1cc(-c2cccc3c2oc2ccccc23)cc(-c2cccc(-c3cc(-c4cc(C(C)(C)C)cc(C(C)(C)C)c4)cc(-c4ccccc4O)n3)c2)n1. The number of pyridine rings is 2. The average molecular weight is 693 g/mol. The third kappa shape index (κ3) is 6.62. The van der Waals surface area contributed by atoms with E-state index in [9.17, 15) is 5.11 Å². The summed E-state index contributed by atoms with van der Waals surface area (Å²) in [6.45, 7) is 15.6. The first-order valence-electron chi connectivity index (χ1n) is 18.3. The van der Waals surface area contributed by atoms with Crippen molar-refractivity contribution in [3.63, 3.8) is 0 Å². The Morgan fingerprint density at radius 3 is 1.75 bits per heavy atom. The Balaban J connectivity index is 1.28. The topological polar surface area (TPSA) is 59.2 Å². The van der Waals surface area contributed by atoms with Crippen LogP contribution < -0.4 is 0 Å². The molecule has 3 heterocycles. The van der Waals surface area contributed by atoms with Crippen LogP contribution in [0, 0.1) is 6.92 Å². The Bertz CT molecular complexity index is 2640. The Morgan fingerprint density at radius 1 is 0.472 bits per heavy atom. The molecule has 4 nitrogen and oxygen atoms in total. The highest BCUT2D eigenvalue weighted by molar-refractivity contribution is 6.09. The fourth-order valence-electron chi connectivity index (χ4n) is 7.12. The van der Waals surface area contributed by atoms with Gasteiger partial charge in [0.15, 0.2) is 0 Å². The quantitative estimate of drug-likeness (QED) is 0.195. The summed E-state index contributed by atoms with van der Waals surface area (Å²) in [5.74, 6) is 0.201. The molecular weight excluding hydrogens is 649 g/mol. The molecule has 0 bridgehead atoms. The number of rotatable bonds is 5. The van der Waals surface area contributed by atoms with Gasteiger partial charge in [0.25, 0.3) is 0 Å². The molecule has 0 spiro atoms. The number of aromatic nitrogens is 2. The third-order valence-electron chi connectivity index (χ3n) is 10.1. The van der Waals surface area contributed by atoms with Crippen LogP contribution in [0.25, 0.3) is 78.0 Å². The van der Waals surface area contributed by atoms with Crippen molar-refractivity contribution in [1.82, 2.24) is 9.97 Å². The van der Waals surface area contributed by atoms with Crippen molar-refractivity contribution in [2.45, 2.75) is 59.3 Å². The first kappa shape index (κ1) is 34.1. The lowest BCUT2D eigenvalue weighted by Gasteiger charge is -2.26. The van der Waals surface area contributed by atoms with Crippen molar-refractivity contribution in [3.8, 4) is 61.8 Å². The molecular formula is C49H44N2O2. The van der Waals surface area contributed by atoms with E-state index in [1.807, 2.05) is 43.3 Å². The van der Waals surface area contributed by atoms with Crippen LogP contribution in [0.3, 0.4) is 0 Å². The lowest BCUT2D eigenvalue weighted by molar-refractivity contribution is 0.477. The fraction of sp³-hybridized carbons (Fsp3) is 0.184. The predicted octanol–water partition coefficient (Wildman–Crippen LogP) is 13.3. The van der Waals surface area contributed by atoms with Gasteiger partial charge in [-0.15, -0.1) is 0 Å². The number of fused-ring (bicyclic) bond motifs is 3. The molecule has 3 aromatic heterocycles. The Labute approximate surface area is 311 Å². The van der Waals surface area contributed by atoms with E-state index in [4.69, 9.17) is 14.4 Å². The number of phenols is 1. The minimum absolute atomic E-state index is 0.0314. The second-order valence-electron chi connectivity index (χ2n) is 16.2.